The van der Waals surface area contributed by atoms with Gasteiger partial charge in [0.15, 0.2) is 24.0 Å². The van der Waals surface area contributed by atoms with Crippen molar-refractivity contribution in [2.75, 3.05) is 33.0 Å². The van der Waals surface area contributed by atoms with Crippen LogP contribution in [0.2, 0.25) is 0 Å². The average molecular weight is 551 g/mol. The maximum atomic E-state index is 11.5. The maximum absolute atomic E-state index is 11.5. The minimum absolute atomic E-state index is 0.0912. The summed E-state index contributed by atoms with van der Waals surface area (Å²) in [5.41, 5.74) is 3.47. The standard InChI is InChI=1S/C14H15N3O4.C12H11N3O4/c1-2-19-13(18)12-9-17(16-15-12)11-5-3-10(4-6-11)14-20-7-8-21-14;16-11(17)10-7-15(14-13-10)9-3-1-8(2-4-9)12-18-5-6-19-12/h3-6,9,14H,2,7-8H2,1H3;1-4,7,12H,5-6H2,(H,16,17). The zero-order chi connectivity index (χ0) is 27.9. The minimum atomic E-state index is -1.10. The lowest BCUT2D eigenvalue weighted by molar-refractivity contribution is -0.0443. The largest absolute Gasteiger partial charge is 0.476 e. The molecular formula is C26H26N6O8. The summed E-state index contributed by atoms with van der Waals surface area (Å²) in [6.45, 7) is 4.46. The molecule has 6 rings (SSSR count). The predicted molar refractivity (Wildman–Crippen MR) is 135 cm³/mol. The number of carboxylic acid groups (broad SMARTS) is 1. The van der Waals surface area contributed by atoms with Crippen molar-refractivity contribution in [2.45, 2.75) is 19.5 Å². The summed E-state index contributed by atoms with van der Waals surface area (Å²) in [4.78, 5) is 22.3. The van der Waals surface area contributed by atoms with E-state index in [1.165, 1.54) is 21.8 Å². The molecule has 0 amide bonds. The number of aromatic carboxylic acids is 1. The Morgan fingerprint density at radius 1 is 0.775 bits per heavy atom. The van der Waals surface area contributed by atoms with Gasteiger partial charge in [0.2, 0.25) is 0 Å². The lowest BCUT2D eigenvalue weighted by Crippen LogP contribution is -2.04. The number of rotatable bonds is 7. The Labute approximate surface area is 228 Å². The van der Waals surface area contributed by atoms with Gasteiger partial charge in [-0.15, -0.1) is 10.2 Å². The Hall–Kier alpha value is -4.50. The Morgan fingerprint density at radius 3 is 1.60 bits per heavy atom. The summed E-state index contributed by atoms with van der Waals surface area (Å²) in [7, 11) is 0. The monoisotopic (exact) mass is 550 g/mol. The van der Waals surface area contributed by atoms with Gasteiger partial charge in [0.25, 0.3) is 0 Å². The number of esters is 1. The Kier molecular flexibility index (Phi) is 8.51. The van der Waals surface area contributed by atoms with Gasteiger partial charge in [0.1, 0.15) is 0 Å². The van der Waals surface area contributed by atoms with E-state index < -0.39 is 11.9 Å². The summed E-state index contributed by atoms with van der Waals surface area (Å²) in [5, 5.41) is 23.8. The van der Waals surface area contributed by atoms with Crippen LogP contribution in [0.3, 0.4) is 0 Å². The summed E-state index contributed by atoms with van der Waals surface area (Å²) in [6, 6.07) is 14.9. The van der Waals surface area contributed by atoms with Crippen LogP contribution < -0.4 is 0 Å². The molecule has 0 spiro atoms. The number of carbonyl (C=O) groups excluding carboxylic acids is 1. The molecule has 0 radical (unpaired) electrons. The molecule has 40 heavy (non-hydrogen) atoms. The van der Waals surface area contributed by atoms with Crippen LogP contribution in [-0.2, 0) is 23.7 Å². The van der Waals surface area contributed by atoms with Crippen molar-refractivity contribution in [1.29, 1.82) is 0 Å². The topological polar surface area (TPSA) is 162 Å². The van der Waals surface area contributed by atoms with Gasteiger partial charge in [-0.2, -0.15) is 0 Å². The molecular weight excluding hydrogens is 524 g/mol. The Bertz CT molecular complexity index is 1420. The third-order valence-corrected chi connectivity index (χ3v) is 5.79. The molecule has 2 saturated heterocycles. The van der Waals surface area contributed by atoms with E-state index >= 15 is 0 Å². The molecule has 0 atom stereocenters. The molecule has 2 aliphatic rings. The molecule has 208 valence electrons. The van der Waals surface area contributed by atoms with Gasteiger partial charge in [-0.05, 0) is 31.2 Å². The van der Waals surface area contributed by atoms with Crippen LogP contribution >= 0.6 is 0 Å². The number of hydrogen-bond donors (Lipinski definition) is 1. The highest BCUT2D eigenvalue weighted by Gasteiger charge is 2.19. The van der Waals surface area contributed by atoms with Crippen LogP contribution in [0.25, 0.3) is 11.4 Å². The molecule has 4 heterocycles. The van der Waals surface area contributed by atoms with E-state index in [9.17, 15) is 9.59 Å². The number of carbonyl (C=O) groups is 2. The van der Waals surface area contributed by atoms with Gasteiger partial charge in [-0.1, -0.05) is 34.7 Å². The highest BCUT2D eigenvalue weighted by Crippen LogP contribution is 2.25. The second kappa shape index (κ2) is 12.6. The van der Waals surface area contributed by atoms with Crippen LogP contribution in [0.4, 0.5) is 0 Å². The zero-order valence-corrected chi connectivity index (χ0v) is 21.5. The number of ether oxygens (including phenoxy) is 5. The summed E-state index contributed by atoms with van der Waals surface area (Å²) in [5.74, 6) is -1.58. The van der Waals surface area contributed by atoms with E-state index in [1.807, 2.05) is 36.4 Å². The molecule has 2 aromatic heterocycles. The maximum Gasteiger partial charge on any atom is 0.360 e. The van der Waals surface area contributed by atoms with Crippen molar-refractivity contribution >= 4 is 11.9 Å². The van der Waals surface area contributed by atoms with E-state index in [4.69, 9.17) is 28.8 Å². The smallest absolute Gasteiger partial charge is 0.360 e. The van der Waals surface area contributed by atoms with Gasteiger partial charge in [0, 0.05) is 11.1 Å². The minimum Gasteiger partial charge on any atom is -0.476 e. The van der Waals surface area contributed by atoms with Crippen LogP contribution in [0.5, 0.6) is 0 Å². The number of aromatic nitrogens is 6. The SMILES string of the molecule is CCOC(=O)c1cn(-c2ccc(C3OCCO3)cc2)nn1.O=C(O)c1cn(-c2ccc(C3OCCO3)cc2)nn1. The average Bonchev–Trinajstić information content (AvgIpc) is 3.81. The number of carboxylic acids is 1. The van der Waals surface area contributed by atoms with Gasteiger partial charge >= 0.3 is 11.9 Å². The van der Waals surface area contributed by atoms with E-state index in [2.05, 4.69) is 20.6 Å². The molecule has 14 heteroatoms. The first-order chi connectivity index (χ1) is 19.5. The normalized spacial score (nSPS) is 15.5. The van der Waals surface area contributed by atoms with Gasteiger partial charge in [-0.3, -0.25) is 0 Å². The molecule has 2 aromatic carbocycles. The number of nitrogens with zero attached hydrogens (tertiary/aromatic N) is 6. The molecule has 0 saturated carbocycles. The molecule has 4 aromatic rings. The van der Waals surface area contributed by atoms with Crippen molar-refractivity contribution in [3.8, 4) is 11.4 Å². The highest BCUT2D eigenvalue weighted by molar-refractivity contribution is 5.86. The van der Waals surface area contributed by atoms with Crippen molar-refractivity contribution in [2.24, 2.45) is 0 Å². The molecule has 1 N–H and O–H groups in total. The quantitative estimate of drug-likeness (QED) is 0.335. The van der Waals surface area contributed by atoms with Crippen LogP contribution in [0.1, 0.15) is 51.6 Å². The summed E-state index contributed by atoms with van der Waals surface area (Å²) < 4.78 is 29.4. The number of benzene rings is 2. The molecule has 2 fully saturated rings. The van der Waals surface area contributed by atoms with Crippen molar-refractivity contribution in [1.82, 2.24) is 30.0 Å². The van der Waals surface area contributed by atoms with Crippen LogP contribution in [0.15, 0.2) is 60.9 Å². The van der Waals surface area contributed by atoms with Gasteiger partial charge in [-0.25, -0.2) is 19.0 Å². The molecule has 2 aliphatic heterocycles. The first-order valence-corrected chi connectivity index (χ1v) is 12.4. The number of hydrogen-bond acceptors (Lipinski definition) is 11. The molecule has 0 aliphatic carbocycles. The lowest BCUT2D eigenvalue weighted by atomic mass is 10.2. The van der Waals surface area contributed by atoms with E-state index in [0.29, 0.717) is 33.0 Å². The fourth-order valence-corrected chi connectivity index (χ4v) is 3.85. The molecule has 0 bridgehead atoms. The fraction of sp³-hybridized carbons (Fsp3) is 0.308. The fourth-order valence-electron chi connectivity index (χ4n) is 3.85. The van der Waals surface area contributed by atoms with Gasteiger partial charge in [0.05, 0.1) is 56.8 Å². The third kappa shape index (κ3) is 6.38. The molecule has 0 unspecified atom stereocenters. The highest BCUT2D eigenvalue weighted by atomic mass is 16.7. The Balaban J connectivity index is 0.000000162. The van der Waals surface area contributed by atoms with Crippen LogP contribution in [-0.4, -0.2) is 80.1 Å². The zero-order valence-electron chi connectivity index (χ0n) is 21.5. The van der Waals surface area contributed by atoms with Gasteiger partial charge < -0.3 is 28.8 Å². The lowest BCUT2D eigenvalue weighted by Gasteiger charge is -2.09. The van der Waals surface area contributed by atoms with E-state index in [-0.39, 0.29) is 24.0 Å². The van der Waals surface area contributed by atoms with Crippen molar-refractivity contribution in [3.63, 3.8) is 0 Å². The second-order valence-electron chi connectivity index (χ2n) is 8.45. The van der Waals surface area contributed by atoms with E-state index in [0.717, 1.165) is 22.5 Å². The Morgan fingerprint density at radius 2 is 1.20 bits per heavy atom. The van der Waals surface area contributed by atoms with E-state index in [1.54, 1.807) is 19.1 Å². The third-order valence-electron chi connectivity index (χ3n) is 5.79. The van der Waals surface area contributed by atoms with Crippen molar-refractivity contribution in [3.05, 3.63) is 83.4 Å². The summed E-state index contributed by atoms with van der Waals surface area (Å²) in [6.07, 6.45) is 2.28. The first-order valence-electron chi connectivity index (χ1n) is 12.4. The first kappa shape index (κ1) is 27.1. The van der Waals surface area contributed by atoms with Crippen molar-refractivity contribution < 1.29 is 38.4 Å². The molecule has 14 nitrogen and oxygen atoms in total. The second-order valence-corrected chi connectivity index (χ2v) is 8.45. The predicted octanol–water partition coefficient (Wildman–Crippen LogP) is 2.50. The van der Waals surface area contributed by atoms with Crippen LogP contribution in [0, 0.1) is 0 Å². The summed E-state index contributed by atoms with van der Waals surface area (Å²) >= 11 is 0.